The summed E-state index contributed by atoms with van der Waals surface area (Å²) in [5.41, 5.74) is 0.557. The largest absolute Gasteiger partial charge is 0.486 e. The number of ether oxygens (including phenoxy) is 1. The van der Waals surface area contributed by atoms with Crippen LogP contribution in [0.5, 0.6) is 5.75 Å². The number of hydrogen-bond acceptors (Lipinski definition) is 5. The molecule has 0 bridgehead atoms. The van der Waals surface area contributed by atoms with Gasteiger partial charge in [0.2, 0.25) is 0 Å². The first kappa shape index (κ1) is 16.2. The zero-order valence-corrected chi connectivity index (χ0v) is 14.6. The van der Waals surface area contributed by atoms with Crippen LogP contribution < -0.4 is 10.4 Å². The van der Waals surface area contributed by atoms with Crippen LogP contribution in [-0.4, -0.2) is 18.1 Å². The highest BCUT2D eigenvalue weighted by atomic mass is 35.5. The number of thioether (sulfide) groups is 1. The molecule has 3 aromatic rings. The Bertz CT molecular complexity index is 1010. The van der Waals surface area contributed by atoms with Crippen molar-refractivity contribution >= 4 is 40.1 Å². The van der Waals surface area contributed by atoms with Crippen molar-refractivity contribution in [1.29, 1.82) is 0 Å². The Morgan fingerprint density at radius 1 is 1.20 bits per heavy atom. The first-order chi connectivity index (χ1) is 12.1. The molecule has 25 heavy (non-hydrogen) atoms. The van der Waals surface area contributed by atoms with Gasteiger partial charge in [-0.2, -0.15) is 0 Å². The summed E-state index contributed by atoms with van der Waals surface area (Å²) >= 11 is 7.35. The summed E-state index contributed by atoms with van der Waals surface area (Å²) in [4.78, 5) is 25.8. The fraction of sp³-hybridized carbons (Fsp3) is 0.158. The molecule has 6 heteroatoms. The Labute approximate surface area is 152 Å². The molecule has 0 saturated carbocycles. The molecule has 2 aromatic carbocycles. The Balaban J connectivity index is 1.59. The van der Waals surface area contributed by atoms with Crippen LogP contribution >= 0.6 is 23.4 Å². The lowest BCUT2D eigenvalue weighted by Crippen LogP contribution is -2.24. The smallest absolute Gasteiger partial charge is 0.341 e. The van der Waals surface area contributed by atoms with E-state index in [1.54, 1.807) is 30.3 Å². The molecule has 1 unspecified atom stereocenters. The van der Waals surface area contributed by atoms with E-state index >= 15 is 0 Å². The maximum absolute atomic E-state index is 12.6. The summed E-state index contributed by atoms with van der Waals surface area (Å²) in [7, 11) is 0. The molecule has 1 aliphatic heterocycles. The molecule has 0 fully saturated rings. The molecule has 0 radical (unpaired) electrons. The van der Waals surface area contributed by atoms with Crippen LogP contribution in [0.25, 0.3) is 11.0 Å². The van der Waals surface area contributed by atoms with Crippen LogP contribution in [0.1, 0.15) is 11.5 Å². The number of ketones is 1. The van der Waals surface area contributed by atoms with E-state index in [9.17, 15) is 9.59 Å². The number of benzene rings is 2. The van der Waals surface area contributed by atoms with Gasteiger partial charge in [-0.3, -0.25) is 4.79 Å². The zero-order valence-electron chi connectivity index (χ0n) is 13.0. The molecule has 1 aromatic heterocycles. The van der Waals surface area contributed by atoms with Gasteiger partial charge in [0, 0.05) is 21.1 Å². The van der Waals surface area contributed by atoms with Gasteiger partial charge in [-0.05, 0) is 30.3 Å². The van der Waals surface area contributed by atoms with Crippen molar-refractivity contribution in [3.05, 3.63) is 69.5 Å². The molecule has 0 saturated heterocycles. The molecule has 0 spiro atoms. The average molecular weight is 373 g/mol. The molecule has 4 rings (SSSR count). The minimum absolute atomic E-state index is 0.0986. The fourth-order valence-electron chi connectivity index (χ4n) is 2.88. The second-order valence-corrected chi connectivity index (χ2v) is 7.17. The number of Topliss-reactive ketones (excluding diaryl/α,β-unsaturated/α-hetero) is 1. The summed E-state index contributed by atoms with van der Waals surface area (Å²) in [6, 6.07) is 14.2. The van der Waals surface area contributed by atoms with Gasteiger partial charge in [-0.15, -0.1) is 11.8 Å². The first-order valence-corrected chi connectivity index (χ1v) is 9.09. The highest BCUT2D eigenvalue weighted by Gasteiger charge is 2.34. The van der Waals surface area contributed by atoms with E-state index in [0.29, 0.717) is 27.7 Å². The third-order valence-electron chi connectivity index (χ3n) is 4.13. The maximum Gasteiger partial charge on any atom is 0.341 e. The van der Waals surface area contributed by atoms with Crippen LogP contribution in [0.2, 0.25) is 5.02 Å². The quantitative estimate of drug-likeness (QED) is 0.639. The standard InChI is InChI=1S/C19H13ClO4S/c20-11-5-7-12(8-6-11)23-9-15(21)14-10-25-18-13-3-1-2-4-16(13)24-19(22)17(14)18/h1-8,14H,9-10H2. The van der Waals surface area contributed by atoms with Crippen molar-refractivity contribution in [2.75, 3.05) is 12.4 Å². The average Bonchev–Trinajstić information content (AvgIpc) is 3.07. The van der Waals surface area contributed by atoms with Crippen LogP contribution in [0.15, 0.2) is 62.6 Å². The molecule has 0 aliphatic carbocycles. The molecule has 2 heterocycles. The summed E-state index contributed by atoms with van der Waals surface area (Å²) < 4.78 is 10.9. The van der Waals surface area contributed by atoms with E-state index in [-0.39, 0.29) is 12.4 Å². The first-order valence-electron chi connectivity index (χ1n) is 7.73. The second-order valence-electron chi connectivity index (χ2n) is 5.70. The number of rotatable bonds is 4. The SMILES string of the molecule is O=C(COc1ccc(Cl)cc1)C1CSc2c1c(=O)oc1ccccc21. The topological polar surface area (TPSA) is 56.5 Å². The molecule has 1 aliphatic rings. The minimum atomic E-state index is -0.506. The van der Waals surface area contributed by atoms with E-state index in [0.717, 1.165) is 10.3 Å². The van der Waals surface area contributed by atoms with E-state index in [4.69, 9.17) is 20.8 Å². The maximum atomic E-state index is 12.6. The summed E-state index contributed by atoms with van der Waals surface area (Å²) in [6.45, 7) is -0.0986. The van der Waals surface area contributed by atoms with Crippen molar-refractivity contribution in [2.24, 2.45) is 0 Å². The molecular weight excluding hydrogens is 360 g/mol. The van der Waals surface area contributed by atoms with Crippen LogP contribution in [0.3, 0.4) is 0 Å². The van der Waals surface area contributed by atoms with Gasteiger partial charge in [0.15, 0.2) is 5.78 Å². The number of halogens is 1. The van der Waals surface area contributed by atoms with Crippen molar-refractivity contribution in [1.82, 2.24) is 0 Å². The second kappa shape index (κ2) is 6.58. The Hall–Kier alpha value is -2.24. The molecule has 4 nitrogen and oxygen atoms in total. The van der Waals surface area contributed by atoms with Gasteiger partial charge in [0.25, 0.3) is 0 Å². The zero-order chi connectivity index (χ0) is 17.4. The predicted octanol–water partition coefficient (Wildman–Crippen LogP) is 4.28. The molecule has 126 valence electrons. The van der Waals surface area contributed by atoms with E-state index in [2.05, 4.69) is 0 Å². The van der Waals surface area contributed by atoms with Gasteiger partial charge >= 0.3 is 5.63 Å². The monoisotopic (exact) mass is 372 g/mol. The van der Waals surface area contributed by atoms with Gasteiger partial charge in [0.05, 0.1) is 11.5 Å². The Morgan fingerprint density at radius 2 is 1.96 bits per heavy atom. The van der Waals surface area contributed by atoms with E-state index in [1.165, 1.54) is 11.8 Å². The summed E-state index contributed by atoms with van der Waals surface area (Å²) in [6.07, 6.45) is 0. The molecule has 0 amide bonds. The van der Waals surface area contributed by atoms with E-state index in [1.807, 2.05) is 18.2 Å². The highest BCUT2D eigenvalue weighted by molar-refractivity contribution is 8.00. The predicted molar refractivity (Wildman–Crippen MR) is 97.9 cm³/mol. The molecular formula is C19H13ClO4S. The van der Waals surface area contributed by atoms with E-state index < -0.39 is 11.5 Å². The lowest BCUT2D eigenvalue weighted by molar-refractivity contribution is -0.122. The third-order valence-corrected chi connectivity index (χ3v) is 5.61. The lowest BCUT2D eigenvalue weighted by atomic mass is 9.97. The molecule has 1 atom stereocenters. The van der Waals surface area contributed by atoms with Crippen molar-refractivity contribution < 1.29 is 13.9 Å². The van der Waals surface area contributed by atoms with Crippen LogP contribution in [0.4, 0.5) is 0 Å². The van der Waals surface area contributed by atoms with Crippen molar-refractivity contribution in [3.63, 3.8) is 0 Å². The lowest BCUT2D eigenvalue weighted by Gasteiger charge is -2.10. The van der Waals surface area contributed by atoms with Gasteiger partial charge in [-0.1, -0.05) is 29.8 Å². The van der Waals surface area contributed by atoms with Crippen LogP contribution in [-0.2, 0) is 4.79 Å². The number of hydrogen-bond donors (Lipinski definition) is 0. The summed E-state index contributed by atoms with van der Waals surface area (Å²) in [5, 5.41) is 1.47. The van der Waals surface area contributed by atoms with Gasteiger partial charge in [0.1, 0.15) is 17.9 Å². The summed E-state index contributed by atoms with van der Waals surface area (Å²) in [5.74, 6) is 0.447. The number of carbonyl (C=O) groups excluding carboxylic acids is 1. The minimum Gasteiger partial charge on any atom is -0.486 e. The normalized spacial score (nSPS) is 16.0. The van der Waals surface area contributed by atoms with Crippen LogP contribution in [0, 0.1) is 0 Å². The number of para-hydroxylation sites is 1. The third kappa shape index (κ3) is 3.05. The molecule has 0 N–H and O–H groups in total. The van der Waals surface area contributed by atoms with Crippen molar-refractivity contribution in [2.45, 2.75) is 10.8 Å². The van der Waals surface area contributed by atoms with Gasteiger partial charge in [-0.25, -0.2) is 4.79 Å². The number of carbonyl (C=O) groups is 1. The van der Waals surface area contributed by atoms with Crippen molar-refractivity contribution in [3.8, 4) is 5.75 Å². The fourth-order valence-corrected chi connectivity index (χ4v) is 4.40. The Kier molecular flexibility index (Phi) is 4.27. The van der Waals surface area contributed by atoms with Gasteiger partial charge < -0.3 is 9.15 Å². The Morgan fingerprint density at radius 3 is 2.76 bits per heavy atom. The number of fused-ring (bicyclic) bond motifs is 3. The highest BCUT2D eigenvalue weighted by Crippen LogP contribution is 2.42.